The lowest BCUT2D eigenvalue weighted by molar-refractivity contribution is -0.141. The first-order valence-electron chi connectivity index (χ1n) is 8.79. The van der Waals surface area contributed by atoms with Crippen LogP contribution in [-0.4, -0.2) is 63.3 Å². The molecule has 0 atom stereocenters. The summed E-state index contributed by atoms with van der Waals surface area (Å²) in [5, 5.41) is 2.96. The van der Waals surface area contributed by atoms with Gasteiger partial charge in [0.2, 0.25) is 5.91 Å². The molecule has 6 nitrogen and oxygen atoms in total. The van der Waals surface area contributed by atoms with Crippen molar-refractivity contribution in [3.63, 3.8) is 0 Å². The SMILES string of the molecule is CCCCCOCC(=O)NCC1CCN(CCC(=O)OC)CC1. The molecule has 1 rings (SSSR count). The zero-order chi connectivity index (χ0) is 16.9. The van der Waals surface area contributed by atoms with Crippen LogP contribution < -0.4 is 5.32 Å². The molecule has 1 saturated heterocycles. The average molecular weight is 328 g/mol. The summed E-state index contributed by atoms with van der Waals surface area (Å²) in [5.74, 6) is 0.348. The summed E-state index contributed by atoms with van der Waals surface area (Å²) in [7, 11) is 1.42. The van der Waals surface area contributed by atoms with E-state index in [1.54, 1.807) is 0 Å². The Labute approximate surface area is 139 Å². The molecule has 1 heterocycles. The first-order chi connectivity index (χ1) is 11.2. The molecule has 0 bridgehead atoms. The number of unbranched alkanes of at least 4 members (excludes halogenated alkanes) is 2. The van der Waals surface area contributed by atoms with Crippen molar-refractivity contribution in [2.75, 3.05) is 46.5 Å². The number of amides is 1. The van der Waals surface area contributed by atoms with E-state index < -0.39 is 0 Å². The van der Waals surface area contributed by atoms with Gasteiger partial charge in [0.1, 0.15) is 6.61 Å². The molecule has 0 radical (unpaired) electrons. The van der Waals surface area contributed by atoms with Crippen LogP contribution >= 0.6 is 0 Å². The van der Waals surface area contributed by atoms with E-state index in [0.29, 0.717) is 18.9 Å². The first-order valence-corrected chi connectivity index (χ1v) is 8.79. The molecule has 0 unspecified atom stereocenters. The molecule has 134 valence electrons. The second-order valence-corrected chi connectivity index (χ2v) is 6.17. The highest BCUT2D eigenvalue weighted by Crippen LogP contribution is 2.16. The van der Waals surface area contributed by atoms with Gasteiger partial charge in [-0.2, -0.15) is 0 Å². The molecule has 0 saturated carbocycles. The van der Waals surface area contributed by atoms with E-state index >= 15 is 0 Å². The maximum absolute atomic E-state index is 11.7. The topological polar surface area (TPSA) is 67.9 Å². The van der Waals surface area contributed by atoms with Gasteiger partial charge in [-0.05, 0) is 38.3 Å². The predicted octanol–water partition coefficient (Wildman–Crippen LogP) is 1.58. The van der Waals surface area contributed by atoms with Gasteiger partial charge in [-0.15, -0.1) is 0 Å². The van der Waals surface area contributed by atoms with Crippen LogP contribution in [-0.2, 0) is 19.1 Å². The molecule has 1 N–H and O–H groups in total. The minimum atomic E-state index is -0.154. The summed E-state index contributed by atoms with van der Waals surface area (Å²) >= 11 is 0. The van der Waals surface area contributed by atoms with Crippen molar-refractivity contribution in [2.45, 2.75) is 45.4 Å². The summed E-state index contributed by atoms with van der Waals surface area (Å²) in [6, 6.07) is 0. The van der Waals surface area contributed by atoms with Crippen LogP contribution in [0, 0.1) is 5.92 Å². The molecular formula is C17H32N2O4. The third-order valence-corrected chi connectivity index (χ3v) is 4.28. The number of piperidine rings is 1. The van der Waals surface area contributed by atoms with Gasteiger partial charge in [0.05, 0.1) is 13.5 Å². The van der Waals surface area contributed by atoms with E-state index in [2.05, 4.69) is 21.9 Å². The van der Waals surface area contributed by atoms with Crippen molar-refractivity contribution in [2.24, 2.45) is 5.92 Å². The number of rotatable bonds is 11. The summed E-state index contributed by atoms with van der Waals surface area (Å²) in [6.45, 7) is 6.42. The van der Waals surface area contributed by atoms with Crippen LogP contribution in [0.15, 0.2) is 0 Å². The minimum Gasteiger partial charge on any atom is -0.469 e. The highest BCUT2D eigenvalue weighted by atomic mass is 16.5. The zero-order valence-electron chi connectivity index (χ0n) is 14.6. The van der Waals surface area contributed by atoms with Crippen LogP contribution in [0.3, 0.4) is 0 Å². The second kappa shape index (κ2) is 12.3. The standard InChI is InChI=1S/C17H32N2O4/c1-3-4-5-12-23-14-16(20)18-13-15-6-9-19(10-7-15)11-8-17(21)22-2/h15H,3-14H2,1-2H3,(H,18,20). The van der Waals surface area contributed by atoms with Crippen molar-refractivity contribution < 1.29 is 19.1 Å². The normalized spacial score (nSPS) is 16.3. The number of methoxy groups -OCH3 is 1. The number of likely N-dealkylation sites (tertiary alicyclic amines) is 1. The van der Waals surface area contributed by atoms with E-state index in [9.17, 15) is 9.59 Å². The van der Waals surface area contributed by atoms with Crippen molar-refractivity contribution in [3.8, 4) is 0 Å². The number of hydrogen-bond acceptors (Lipinski definition) is 5. The zero-order valence-corrected chi connectivity index (χ0v) is 14.6. The molecule has 1 aliphatic rings. The number of carbonyl (C=O) groups excluding carboxylic acids is 2. The molecule has 1 fully saturated rings. The lowest BCUT2D eigenvalue weighted by Gasteiger charge is -2.31. The predicted molar refractivity (Wildman–Crippen MR) is 89.2 cm³/mol. The Balaban J connectivity index is 2.02. The van der Waals surface area contributed by atoms with Crippen molar-refractivity contribution >= 4 is 11.9 Å². The Morgan fingerprint density at radius 1 is 1.22 bits per heavy atom. The third-order valence-electron chi connectivity index (χ3n) is 4.28. The lowest BCUT2D eigenvalue weighted by Crippen LogP contribution is -2.40. The second-order valence-electron chi connectivity index (χ2n) is 6.17. The molecule has 1 amide bonds. The quantitative estimate of drug-likeness (QED) is 0.461. The van der Waals surface area contributed by atoms with Crippen LogP contribution in [0.4, 0.5) is 0 Å². The fourth-order valence-corrected chi connectivity index (χ4v) is 2.69. The van der Waals surface area contributed by atoms with E-state index in [0.717, 1.165) is 58.3 Å². The number of carbonyl (C=O) groups is 2. The summed E-state index contributed by atoms with van der Waals surface area (Å²) in [6.07, 6.45) is 5.89. The van der Waals surface area contributed by atoms with Crippen molar-refractivity contribution in [1.29, 1.82) is 0 Å². The number of nitrogens with zero attached hydrogens (tertiary/aromatic N) is 1. The van der Waals surface area contributed by atoms with E-state index in [4.69, 9.17) is 4.74 Å². The number of ether oxygens (including phenoxy) is 2. The molecule has 0 aromatic rings. The Kier molecular flexibility index (Phi) is 10.6. The van der Waals surface area contributed by atoms with Gasteiger partial charge in [0.15, 0.2) is 0 Å². The van der Waals surface area contributed by atoms with Gasteiger partial charge >= 0.3 is 5.97 Å². The van der Waals surface area contributed by atoms with E-state index in [-0.39, 0.29) is 18.5 Å². The molecule has 6 heteroatoms. The number of nitrogens with one attached hydrogen (secondary N) is 1. The Bertz CT molecular complexity index is 341. The van der Waals surface area contributed by atoms with Gasteiger partial charge in [-0.3, -0.25) is 9.59 Å². The molecule has 0 aromatic carbocycles. The number of hydrogen-bond donors (Lipinski definition) is 1. The number of esters is 1. The summed E-state index contributed by atoms with van der Waals surface area (Å²) in [5.41, 5.74) is 0. The molecular weight excluding hydrogens is 296 g/mol. The van der Waals surface area contributed by atoms with Crippen LogP contribution in [0.5, 0.6) is 0 Å². The fourth-order valence-electron chi connectivity index (χ4n) is 2.69. The van der Waals surface area contributed by atoms with Crippen molar-refractivity contribution in [3.05, 3.63) is 0 Å². The van der Waals surface area contributed by atoms with Gasteiger partial charge in [-0.25, -0.2) is 0 Å². The van der Waals surface area contributed by atoms with Gasteiger partial charge in [-0.1, -0.05) is 19.8 Å². The molecule has 0 aliphatic carbocycles. The van der Waals surface area contributed by atoms with Crippen LogP contribution in [0.2, 0.25) is 0 Å². The van der Waals surface area contributed by atoms with Gasteiger partial charge in [0, 0.05) is 19.7 Å². The smallest absolute Gasteiger partial charge is 0.306 e. The Morgan fingerprint density at radius 3 is 2.61 bits per heavy atom. The minimum absolute atomic E-state index is 0.0189. The Morgan fingerprint density at radius 2 is 1.96 bits per heavy atom. The Hall–Kier alpha value is -1.14. The highest BCUT2D eigenvalue weighted by Gasteiger charge is 2.20. The van der Waals surface area contributed by atoms with Crippen LogP contribution in [0.1, 0.15) is 45.4 Å². The molecule has 0 spiro atoms. The maximum Gasteiger partial charge on any atom is 0.306 e. The molecule has 1 aliphatic heterocycles. The fraction of sp³-hybridized carbons (Fsp3) is 0.882. The first kappa shape index (κ1) is 19.9. The maximum atomic E-state index is 11.7. The summed E-state index contributed by atoms with van der Waals surface area (Å²) in [4.78, 5) is 25.1. The third kappa shape index (κ3) is 9.56. The highest BCUT2D eigenvalue weighted by molar-refractivity contribution is 5.77. The summed E-state index contributed by atoms with van der Waals surface area (Å²) < 4.78 is 10.0. The largest absolute Gasteiger partial charge is 0.469 e. The lowest BCUT2D eigenvalue weighted by atomic mass is 9.96. The molecule has 23 heavy (non-hydrogen) atoms. The van der Waals surface area contributed by atoms with Crippen LogP contribution in [0.25, 0.3) is 0 Å². The monoisotopic (exact) mass is 328 g/mol. The van der Waals surface area contributed by atoms with E-state index in [1.165, 1.54) is 7.11 Å². The van der Waals surface area contributed by atoms with Gasteiger partial charge in [0.25, 0.3) is 0 Å². The average Bonchev–Trinajstić information content (AvgIpc) is 2.58. The van der Waals surface area contributed by atoms with Crippen molar-refractivity contribution in [1.82, 2.24) is 10.2 Å². The van der Waals surface area contributed by atoms with E-state index in [1.807, 2.05) is 0 Å². The molecule has 0 aromatic heterocycles. The van der Waals surface area contributed by atoms with Gasteiger partial charge < -0.3 is 19.7 Å².